The van der Waals surface area contributed by atoms with Crippen molar-refractivity contribution < 1.29 is 9.53 Å². The highest BCUT2D eigenvalue weighted by atomic mass is 79.9. The van der Waals surface area contributed by atoms with E-state index in [9.17, 15) is 4.79 Å². The lowest BCUT2D eigenvalue weighted by atomic mass is 10.1. The number of aryl methyl sites for hydroxylation is 1. The maximum Gasteiger partial charge on any atom is 0.258 e. The summed E-state index contributed by atoms with van der Waals surface area (Å²) in [6, 6.07) is 13.3. The molecule has 1 atom stereocenters. The molecule has 116 valence electrons. The number of nitrogens with one attached hydrogen (secondary N) is 1. The third-order valence-corrected chi connectivity index (χ3v) is 4.00. The van der Waals surface area contributed by atoms with Crippen molar-refractivity contribution in [1.82, 2.24) is 5.32 Å². The second kappa shape index (κ2) is 7.65. The first-order valence-corrected chi connectivity index (χ1v) is 8.06. The van der Waals surface area contributed by atoms with Crippen molar-refractivity contribution in [3.63, 3.8) is 0 Å². The molecule has 0 radical (unpaired) electrons. The van der Waals surface area contributed by atoms with Gasteiger partial charge in [-0.15, -0.1) is 0 Å². The van der Waals surface area contributed by atoms with Gasteiger partial charge in [0.1, 0.15) is 5.75 Å². The zero-order chi connectivity index (χ0) is 16.1. The second-order valence-electron chi connectivity index (χ2n) is 5.06. The van der Waals surface area contributed by atoms with Gasteiger partial charge in [-0.05, 0) is 37.6 Å². The van der Waals surface area contributed by atoms with Crippen LogP contribution in [-0.2, 0) is 4.79 Å². The fourth-order valence-corrected chi connectivity index (χ4v) is 2.69. The molecular formula is C17H17BrClNO2. The van der Waals surface area contributed by atoms with E-state index in [4.69, 9.17) is 16.3 Å². The number of rotatable bonds is 5. The van der Waals surface area contributed by atoms with Crippen LogP contribution in [0.5, 0.6) is 5.75 Å². The number of hydrogen-bond donors (Lipinski definition) is 1. The Morgan fingerprint density at radius 3 is 2.59 bits per heavy atom. The van der Waals surface area contributed by atoms with Gasteiger partial charge in [-0.1, -0.05) is 57.4 Å². The fraction of sp³-hybridized carbons (Fsp3) is 0.235. The Labute approximate surface area is 143 Å². The predicted octanol–water partition coefficient (Wildman–Crippen LogP) is 4.67. The molecule has 0 aliphatic carbocycles. The third-order valence-electron chi connectivity index (χ3n) is 3.21. The lowest BCUT2D eigenvalue weighted by Gasteiger charge is -2.15. The third kappa shape index (κ3) is 4.75. The van der Waals surface area contributed by atoms with Crippen LogP contribution in [0.4, 0.5) is 0 Å². The number of benzene rings is 2. The average molecular weight is 383 g/mol. The van der Waals surface area contributed by atoms with Crippen molar-refractivity contribution in [1.29, 1.82) is 0 Å². The van der Waals surface area contributed by atoms with E-state index >= 15 is 0 Å². The van der Waals surface area contributed by atoms with E-state index in [0.29, 0.717) is 10.8 Å². The highest BCUT2D eigenvalue weighted by Gasteiger charge is 2.11. The van der Waals surface area contributed by atoms with Gasteiger partial charge in [0.2, 0.25) is 0 Å². The summed E-state index contributed by atoms with van der Waals surface area (Å²) in [4.78, 5) is 12.0. The van der Waals surface area contributed by atoms with Crippen LogP contribution >= 0.6 is 27.5 Å². The van der Waals surface area contributed by atoms with Crippen molar-refractivity contribution in [2.24, 2.45) is 0 Å². The van der Waals surface area contributed by atoms with Crippen LogP contribution in [0.3, 0.4) is 0 Å². The van der Waals surface area contributed by atoms with Crippen molar-refractivity contribution in [3.8, 4) is 5.75 Å². The standard InChI is InChI=1S/C17H17BrClNO2/c1-11-3-5-13(6-4-11)12(2)20-17(21)10-22-16-8-7-14(18)9-15(16)19/h3-9,12H,10H2,1-2H3,(H,20,21)/t12-/m0/s1. The fourth-order valence-electron chi connectivity index (χ4n) is 1.96. The number of carbonyl (C=O) groups is 1. The number of halogens is 2. The molecule has 2 aromatic rings. The molecule has 0 saturated heterocycles. The molecule has 0 aliphatic rings. The molecule has 0 heterocycles. The van der Waals surface area contributed by atoms with Crippen LogP contribution in [0, 0.1) is 6.92 Å². The maximum absolute atomic E-state index is 12.0. The van der Waals surface area contributed by atoms with Crippen LogP contribution in [0.25, 0.3) is 0 Å². The minimum atomic E-state index is -0.188. The average Bonchev–Trinajstić information content (AvgIpc) is 2.47. The molecule has 0 aromatic heterocycles. The molecule has 1 amide bonds. The first-order valence-electron chi connectivity index (χ1n) is 6.89. The van der Waals surface area contributed by atoms with Crippen molar-refractivity contribution in [3.05, 3.63) is 63.1 Å². The normalized spacial score (nSPS) is 11.8. The summed E-state index contributed by atoms with van der Waals surface area (Å²) in [5.74, 6) is 0.301. The molecule has 0 unspecified atom stereocenters. The molecule has 3 nitrogen and oxygen atoms in total. The van der Waals surface area contributed by atoms with Crippen LogP contribution < -0.4 is 10.1 Å². The van der Waals surface area contributed by atoms with E-state index in [2.05, 4.69) is 21.2 Å². The quantitative estimate of drug-likeness (QED) is 0.816. The van der Waals surface area contributed by atoms with Gasteiger partial charge >= 0.3 is 0 Å². The van der Waals surface area contributed by atoms with Gasteiger partial charge < -0.3 is 10.1 Å². The van der Waals surface area contributed by atoms with Crippen LogP contribution in [-0.4, -0.2) is 12.5 Å². The number of carbonyl (C=O) groups excluding carboxylic acids is 1. The molecule has 0 spiro atoms. The molecule has 2 rings (SSSR count). The molecule has 0 fully saturated rings. The van der Waals surface area contributed by atoms with E-state index in [0.717, 1.165) is 10.0 Å². The number of hydrogen-bond acceptors (Lipinski definition) is 2. The van der Waals surface area contributed by atoms with Crippen LogP contribution in [0.1, 0.15) is 24.1 Å². The molecule has 2 aromatic carbocycles. The Bertz CT molecular complexity index is 658. The minimum Gasteiger partial charge on any atom is -0.482 e. The van der Waals surface area contributed by atoms with E-state index in [-0.39, 0.29) is 18.6 Å². The lowest BCUT2D eigenvalue weighted by molar-refractivity contribution is -0.123. The first-order chi connectivity index (χ1) is 10.5. The molecule has 1 N–H and O–H groups in total. The van der Waals surface area contributed by atoms with Crippen molar-refractivity contribution in [2.75, 3.05) is 6.61 Å². The van der Waals surface area contributed by atoms with Gasteiger partial charge in [0.15, 0.2) is 6.61 Å². The van der Waals surface area contributed by atoms with E-state index in [1.54, 1.807) is 12.1 Å². The van der Waals surface area contributed by atoms with Gasteiger partial charge in [0.05, 0.1) is 11.1 Å². The lowest BCUT2D eigenvalue weighted by Crippen LogP contribution is -2.31. The highest BCUT2D eigenvalue weighted by molar-refractivity contribution is 9.10. The SMILES string of the molecule is Cc1ccc([C@H](C)NC(=O)COc2ccc(Br)cc2Cl)cc1. The molecular weight excluding hydrogens is 366 g/mol. The summed E-state index contributed by atoms with van der Waals surface area (Å²) >= 11 is 9.36. The van der Waals surface area contributed by atoms with Crippen LogP contribution in [0.15, 0.2) is 46.9 Å². The summed E-state index contributed by atoms with van der Waals surface area (Å²) in [6.45, 7) is 3.90. The predicted molar refractivity (Wildman–Crippen MR) is 92.4 cm³/mol. The van der Waals surface area contributed by atoms with Crippen molar-refractivity contribution in [2.45, 2.75) is 19.9 Å². The van der Waals surface area contributed by atoms with E-state index in [1.807, 2.05) is 44.2 Å². The zero-order valence-electron chi connectivity index (χ0n) is 12.4. The monoisotopic (exact) mass is 381 g/mol. The van der Waals surface area contributed by atoms with E-state index in [1.165, 1.54) is 5.56 Å². The van der Waals surface area contributed by atoms with E-state index < -0.39 is 0 Å². The summed E-state index contributed by atoms with van der Waals surface area (Å²) in [5.41, 5.74) is 2.25. The minimum absolute atomic E-state index is 0.0719. The summed E-state index contributed by atoms with van der Waals surface area (Å²) in [5, 5.41) is 3.37. The van der Waals surface area contributed by atoms with Gasteiger partial charge in [-0.25, -0.2) is 0 Å². The largest absolute Gasteiger partial charge is 0.482 e. The number of ether oxygens (including phenoxy) is 1. The topological polar surface area (TPSA) is 38.3 Å². The van der Waals surface area contributed by atoms with Gasteiger partial charge in [0.25, 0.3) is 5.91 Å². The second-order valence-corrected chi connectivity index (χ2v) is 6.39. The Morgan fingerprint density at radius 1 is 1.27 bits per heavy atom. The van der Waals surface area contributed by atoms with Gasteiger partial charge in [0, 0.05) is 4.47 Å². The molecule has 22 heavy (non-hydrogen) atoms. The van der Waals surface area contributed by atoms with Gasteiger partial charge in [-0.3, -0.25) is 4.79 Å². The maximum atomic E-state index is 12.0. The van der Waals surface area contributed by atoms with Gasteiger partial charge in [-0.2, -0.15) is 0 Å². The molecule has 5 heteroatoms. The van der Waals surface area contributed by atoms with Crippen LogP contribution in [0.2, 0.25) is 5.02 Å². The first kappa shape index (κ1) is 16.8. The summed E-state index contributed by atoms with van der Waals surface area (Å²) in [6.07, 6.45) is 0. The zero-order valence-corrected chi connectivity index (χ0v) is 14.7. The molecule has 0 bridgehead atoms. The Morgan fingerprint density at radius 2 is 1.95 bits per heavy atom. The smallest absolute Gasteiger partial charge is 0.258 e. The summed E-state index contributed by atoms with van der Waals surface area (Å²) in [7, 11) is 0. The Hall–Kier alpha value is -1.52. The Balaban J connectivity index is 1.88. The molecule has 0 aliphatic heterocycles. The number of amides is 1. The highest BCUT2D eigenvalue weighted by Crippen LogP contribution is 2.27. The Kier molecular flexibility index (Phi) is 5.86. The van der Waals surface area contributed by atoms with Crippen molar-refractivity contribution >= 4 is 33.4 Å². The molecule has 0 saturated carbocycles. The summed E-state index contributed by atoms with van der Waals surface area (Å²) < 4.78 is 6.31.